The summed E-state index contributed by atoms with van der Waals surface area (Å²) in [6.45, 7) is 0.566. The van der Waals surface area contributed by atoms with Crippen molar-refractivity contribution < 1.29 is 0 Å². The molecule has 0 spiro atoms. The molecular weight excluding hydrogens is 342 g/mol. The van der Waals surface area contributed by atoms with Gasteiger partial charge in [-0.25, -0.2) is 4.68 Å². The minimum Gasteiger partial charge on any atom is -0.379 e. The first kappa shape index (κ1) is 14.7. The van der Waals surface area contributed by atoms with Gasteiger partial charge in [0.05, 0.1) is 17.9 Å². The van der Waals surface area contributed by atoms with Crippen LogP contribution >= 0.6 is 15.9 Å². The standard InChI is InChI=1S/C17H16BrN3O/c1-20-15(12-19-13-8-4-2-5-9-13)16(18)17(22)21(20)14-10-6-3-7-11-14/h2-11,19H,12H2,1H3. The Morgan fingerprint density at radius 1 is 1.00 bits per heavy atom. The number of aromatic nitrogens is 2. The fourth-order valence-corrected chi connectivity index (χ4v) is 2.97. The van der Waals surface area contributed by atoms with Gasteiger partial charge in [0, 0.05) is 12.7 Å². The first-order valence-corrected chi connectivity index (χ1v) is 7.78. The molecule has 1 heterocycles. The molecule has 0 aliphatic carbocycles. The SMILES string of the molecule is Cn1c(CNc2ccccc2)c(Br)c(=O)n1-c1ccccc1. The molecule has 0 saturated heterocycles. The number of nitrogens with zero attached hydrogens (tertiary/aromatic N) is 2. The molecule has 1 aromatic heterocycles. The van der Waals surface area contributed by atoms with Crippen molar-refractivity contribution in [3.05, 3.63) is 81.2 Å². The number of para-hydroxylation sites is 2. The molecule has 0 fully saturated rings. The Bertz CT molecular complexity index is 822. The maximum Gasteiger partial charge on any atom is 0.286 e. The Kier molecular flexibility index (Phi) is 4.15. The quantitative estimate of drug-likeness (QED) is 0.775. The van der Waals surface area contributed by atoms with E-state index in [1.807, 2.05) is 72.4 Å². The predicted molar refractivity (Wildman–Crippen MR) is 92.5 cm³/mol. The Labute approximate surface area is 137 Å². The summed E-state index contributed by atoms with van der Waals surface area (Å²) < 4.78 is 4.12. The highest BCUT2D eigenvalue weighted by atomic mass is 79.9. The Hall–Kier alpha value is -2.27. The van der Waals surface area contributed by atoms with Crippen LogP contribution in [-0.4, -0.2) is 9.36 Å². The van der Waals surface area contributed by atoms with Crippen molar-refractivity contribution in [2.45, 2.75) is 6.54 Å². The Morgan fingerprint density at radius 3 is 2.23 bits per heavy atom. The van der Waals surface area contributed by atoms with Crippen molar-refractivity contribution in [2.24, 2.45) is 7.05 Å². The molecule has 0 amide bonds. The minimum absolute atomic E-state index is 0.0569. The lowest BCUT2D eigenvalue weighted by Crippen LogP contribution is -2.20. The van der Waals surface area contributed by atoms with Crippen LogP contribution in [0.25, 0.3) is 5.69 Å². The third kappa shape index (κ3) is 2.72. The van der Waals surface area contributed by atoms with Gasteiger partial charge >= 0.3 is 0 Å². The number of rotatable bonds is 4. The molecule has 1 N–H and O–H groups in total. The van der Waals surface area contributed by atoms with Crippen LogP contribution in [0.1, 0.15) is 5.69 Å². The van der Waals surface area contributed by atoms with Crippen LogP contribution in [0.5, 0.6) is 0 Å². The van der Waals surface area contributed by atoms with E-state index in [0.29, 0.717) is 11.0 Å². The Balaban J connectivity index is 1.95. The highest BCUT2D eigenvalue weighted by Crippen LogP contribution is 2.17. The van der Waals surface area contributed by atoms with Gasteiger partial charge in [-0.1, -0.05) is 36.4 Å². The average molecular weight is 358 g/mol. The summed E-state index contributed by atoms with van der Waals surface area (Å²) in [6, 6.07) is 19.5. The second-order valence-corrected chi connectivity index (χ2v) is 5.75. The van der Waals surface area contributed by atoms with E-state index in [1.165, 1.54) is 0 Å². The van der Waals surface area contributed by atoms with Crippen LogP contribution in [0.15, 0.2) is 69.9 Å². The van der Waals surface area contributed by atoms with E-state index >= 15 is 0 Å². The number of hydrogen-bond acceptors (Lipinski definition) is 2. The summed E-state index contributed by atoms with van der Waals surface area (Å²) in [5.74, 6) is 0. The van der Waals surface area contributed by atoms with E-state index in [-0.39, 0.29) is 5.56 Å². The van der Waals surface area contributed by atoms with Crippen molar-refractivity contribution in [2.75, 3.05) is 5.32 Å². The maximum atomic E-state index is 12.5. The van der Waals surface area contributed by atoms with Crippen LogP contribution in [-0.2, 0) is 13.6 Å². The molecule has 0 aliphatic heterocycles. The zero-order valence-electron chi connectivity index (χ0n) is 12.2. The Morgan fingerprint density at radius 2 is 1.59 bits per heavy atom. The molecular formula is C17H16BrN3O. The second-order valence-electron chi connectivity index (χ2n) is 4.96. The second kappa shape index (κ2) is 6.23. The van der Waals surface area contributed by atoms with Gasteiger partial charge in [0.1, 0.15) is 4.47 Å². The van der Waals surface area contributed by atoms with Crippen molar-refractivity contribution in [3.63, 3.8) is 0 Å². The van der Waals surface area contributed by atoms with Crippen LogP contribution in [0.4, 0.5) is 5.69 Å². The van der Waals surface area contributed by atoms with Crippen molar-refractivity contribution in [1.82, 2.24) is 9.36 Å². The smallest absolute Gasteiger partial charge is 0.286 e. The lowest BCUT2D eigenvalue weighted by atomic mass is 10.3. The molecule has 0 saturated carbocycles. The zero-order chi connectivity index (χ0) is 15.5. The number of halogens is 1. The van der Waals surface area contributed by atoms with E-state index in [2.05, 4.69) is 21.2 Å². The van der Waals surface area contributed by atoms with Crippen LogP contribution in [0.2, 0.25) is 0 Å². The van der Waals surface area contributed by atoms with Crippen molar-refractivity contribution in [3.8, 4) is 5.69 Å². The number of benzene rings is 2. The van der Waals surface area contributed by atoms with Gasteiger partial charge in [-0.2, -0.15) is 0 Å². The van der Waals surface area contributed by atoms with Crippen LogP contribution < -0.4 is 10.9 Å². The first-order valence-electron chi connectivity index (χ1n) is 6.99. The summed E-state index contributed by atoms with van der Waals surface area (Å²) in [5.41, 5.74) is 2.72. The fourth-order valence-electron chi connectivity index (χ4n) is 2.41. The van der Waals surface area contributed by atoms with Crippen LogP contribution in [0.3, 0.4) is 0 Å². The largest absolute Gasteiger partial charge is 0.379 e. The van der Waals surface area contributed by atoms with Gasteiger partial charge < -0.3 is 5.32 Å². The molecule has 5 heteroatoms. The molecule has 0 bridgehead atoms. The highest BCUT2D eigenvalue weighted by molar-refractivity contribution is 9.10. The minimum atomic E-state index is -0.0569. The number of anilines is 1. The highest BCUT2D eigenvalue weighted by Gasteiger charge is 2.16. The maximum absolute atomic E-state index is 12.5. The van der Waals surface area contributed by atoms with E-state index in [4.69, 9.17) is 0 Å². The summed E-state index contributed by atoms with van der Waals surface area (Å²) >= 11 is 3.43. The lowest BCUT2D eigenvalue weighted by molar-refractivity contribution is 0.620. The molecule has 3 aromatic rings. The molecule has 4 nitrogen and oxygen atoms in total. The van der Waals surface area contributed by atoms with Gasteiger partial charge in [0.25, 0.3) is 5.56 Å². The molecule has 22 heavy (non-hydrogen) atoms. The molecule has 0 aliphatic rings. The first-order chi connectivity index (χ1) is 10.7. The normalized spacial score (nSPS) is 10.6. The molecule has 112 valence electrons. The molecule has 0 radical (unpaired) electrons. The summed E-state index contributed by atoms with van der Waals surface area (Å²) in [5, 5.41) is 3.33. The summed E-state index contributed by atoms with van der Waals surface area (Å²) in [7, 11) is 1.89. The lowest BCUT2D eigenvalue weighted by Gasteiger charge is -2.11. The van der Waals surface area contributed by atoms with E-state index in [1.54, 1.807) is 4.68 Å². The predicted octanol–water partition coefficient (Wildman–Crippen LogP) is 3.55. The topological polar surface area (TPSA) is 39.0 Å². The van der Waals surface area contributed by atoms with Gasteiger partial charge in [-0.15, -0.1) is 0 Å². The van der Waals surface area contributed by atoms with Gasteiger partial charge in [0.2, 0.25) is 0 Å². The van der Waals surface area contributed by atoms with E-state index in [0.717, 1.165) is 17.1 Å². The third-order valence-electron chi connectivity index (χ3n) is 3.56. The summed E-state index contributed by atoms with van der Waals surface area (Å²) in [4.78, 5) is 12.5. The van der Waals surface area contributed by atoms with E-state index in [9.17, 15) is 4.79 Å². The molecule has 0 unspecified atom stereocenters. The zero-order valence-corrected chi connectivity index (χ0v) is 13.7. The van der Waals surface area contributed by atoms with Crippen molar-refractivity contribution in [1.29, 1.82) is 0 Å². The fraction of sp³-hybridized carbons (Fsp3) is 0.118. The summed E-state index contributed by atoms with van der Waals surface area (Å²) in [6.07, 6.45) is 0. The van der Waals surface area contributed by atoms with Crippen LogP contribution in [0, 0.1) is 0 Å². The van der Waals surface area contributed by atoms with Crippen molar-refractivity contribution >= 4 is 21.6 Å². The third-order valence-corrected chi connectivity index (χ3v) is 4.36. The van der Waals surface area contributed by atoms with E-state index < -0.39 is 0 Å². The van der Waals surface area contributed by atoms with Gasteiger partial charge in [-0.3, -0.25) is 9.48 Å². The van der Waals surface area contributed by atoms with Gasteiger partial charge in [-0.05, 0) is 40.2 Å². The molecule has 2 aromatic carbocycles. The average Bonchev–Trinajstić information content (AvgIpc) is 2.77. The molecule has 3 rings (SSSR count). The number of hydrogen-bond donors (Lipinski definition) is 1. The van der Waals surface area contributed by atoms with Gasteiger partial charge in [0.15, 0.2) is 0 Å². The monoisotopic (exact) mass is 357 g/mol. The number of nitrogens with one attached hydrogen (secondary N) is 1. The molecule has 0 atom stereocenters.